The van der Waals surface area contributed by atoms with Crippen LogP contribution < -0.4 is 5.73 Å². The summed E-state index contributed by atoms with van der Waals surface area (Å²) in [6.45, 7) is 4.30. The van der Waals surface area contributed by atoms with E-state index in [1.807, 2.05) is 4.57 Å². The van der Waals surface area contributed by atoms with Crippen LogP contribution in [0.2, 0.25) is 0 Å². The third-order valence-electron chi connectivity index (χ3n) is 1.76. The molecule has 2 aliphatic heterocycles. The zero-order chi connectivity index (χ0) is 9.26. The second-order valence-electron chi connectivity index (χ2n) is 2.62. The number of fused-ring (bicyclic) bond motifs is 1. The van der Waals surface area contributed by atoms with Crippen molar-refractivity contribution in [1.82, 2.24) is 19.5 Å². The molecule has 0 fully saturated rings. The third-order valence-corrected chi connectivity index (χ3v) is 1.76. The van der Waals surface area contributed by atoms with Crippen LogP contribution in [0.3, 0.4) is 0 Å². The molecule has 0 atom stereocenters. The van der Waals surface area contributed by atoms with Gasteiger partial charge in [0, 0.05) is 6.54 Å². The van der Waals surface area contributed by atoms with E-state index in [9.17, 15) is 0 Å². The molecule has 0 spiro atoms. The molecule has 0 amide bonds. The lowest BCUT2D eigenvalue weighted by atomic mass is 10.4. The van der Waals surface area contributed by atoms with Gasteiger partial charge in [0.1, 0.15) is 12.0 Å². The van der Waals surface area contributed by atoms with Crippen molar-refractivity contribution in [1.29, 1.82) is 0 Å². The standard InChI is InChI=1S/C8H9N5/c1-2-3-13-5-12-7(9)6-8(13)11-4-10-6/h2,4-5H,1,3,9H2. The Morgan fingerprint density at radius 3 is 3.08 bits per heavy atom. The minimum atomic E-state index is 0.410. The smallest absolute Gasteiger partial charge is 0.165 e. The highest BCUT2D eigenvalue weighted by atomic mass is 15.1. The van der Waals surface area contributed by atoms with Crippen LogP contribution in [0, 0.1) is 0 Å². The minimum absolute atomic E-state index is 0.410. The van der Waals surface area contributed by atoms with Gasteiger partial charge in [-0.3, -0.25) is 0 Å². The van der Waals surface area contributed by atoms with Gasteiger partial charge in [-0.15, -0.1) is 6.58 Å². The van der Waals surface area contributed by atoms with Gasteiger partial charge in [0.2, 0.25) is 0 Å². The highest BCUT2D eigenvalue weighted by Crippen LogP contribution is 2.20. The molecule has 2 rings (SSSR count). The molecule has 0 saturated heterocycles. The predicted octanol–water partition coefficient (Wildman–Crippen LogP) is 0.546. The van der Waals surface area contributed by atoms with Crippen molar-refractivity contribution < 1.29 is 0 Å². The van der Waals surface area contributed by atoms with E-state index in [0.29, 0.717) is 18.1 Å². The number of nitrogens with zero attached hydrogens (tertiary/aromatic N) is 4. The van der Waals surface area contributed by atoms with Crippen LogP contribution >= 0.6 is 0 Å². The summed E-state index contributed by atoms with van der Waals surface area (Å²) in [4.78, 5) is 12.1. The van der Waals surface area contributed by atoms with Gasteiger partial charge in [0.15, 0.2) is 11.6 Å². The fourth-order valence-electron chi connectivity index (χ4n) is 1.17. The molecule has 0 aromatic heterocycles. The van der Waals surface area contributed by atoms with E-state index in [4.69, 9.17) is 5.73 Å². The highest BCUT2D eigenvalue weighted by Gasteiger charge is 2.13. The third kappa shape index (κ3) is 1.14. The first kappa shape index (κ1) is 7.72. The SMILES string of the molecule is C=CCn1cnc(N)c2ncnc1-2. The van der Waals surface area contributed by atoms with E-state index < -0.39 is 0 Å². The summed E-state index contributed by atoms with van der Waals surface area (Å²) in [5.41, 5.74) is 6.26. The molecule has 5 nitrogen and oxygen atoms in total. The van der Waals surface area contributed by atoms with Crippen LogP contribution in [0.1, 0.15) is 0 Å². The van der Waals surface area contributed by atoms with Crippen molar-refractivity contribution >= 4 is 5.82 Å². The Labute approximate surface area is 75.3 Å². The molecular formula is C8H9N5. The highest BCUT2D eigenvalue weighted by molar-refractivity contribution is 5.64. The van der Waals surface area contributed by atoms with Crippen molar-refractivity contribution in [2.45, 2.75) is 6.54 Å². The summed E-state index contributed by atoms with van der Waals surface area (Å²) < 4.78 is 1.84. The molecule has 0 radical (unpaired) electrons. The van der Waals surface area contributed by atoms with Gasteiger partial charge >= 0.3 is 0 Å². The summed E-state index contributed by atoms with van der Waals surface area (Å²) in [6.07, 6.45) is 4.88. The number of nitrogens with two attached hydrogens (primary N) is 1. The Hall–Kier alpha value is -1.91. The van der Waals surface area contributed by atoms with Gasteiger partial charge in [-0.25, -0.2) is 15.0 Å². The Morgan fingerprint density at radius 1 is 1.46 bits per heavy atom. The second-order valence-corrected chi connectivity index (χ2v) is 2.62. The van der Waals surface area contributed by atoms with E-state index in [1.165, 1.54) is 6.33 Å². The van der Waals surface area contributed by atoms with Crippen molar-refractivity contribution in [3.63, 3.8) is 0 Å². The number of nitrogen functional groups attached to an aromatic ring is 1. The van der Waals surface area contributed by atoms with Gasteiger partial charge in [0.25, 0.3) is 0 Å². The van der Waals surface area contributed by atoms with Crippen molar-refractivity contribution in [2.75, 3.05) is 5.73 Å². The van der Waals surface area contributed by atoms with Crippen LogP contribution in [0.4, 0.5) is 5.82 Å². The Kier molecular flexibility index (Phi) is 1.70. The largest absolute Gasteiger partial charge is 0.382 e. The molecule has 13 heavy (non-hydrogen) atoms. The minimum Gasteiger partial charge on any atom is -0.382 e. The maximum Gasteiger partial charge on any atom is 0.165 e. The van der Waals surface area contributed by atoms with Crippen LogP contribution in [-0.4, -0.2) is 19.5 Å². The Bertz CT molecular complexity index is 405. The van der Waals surface area contributed by atoms with Crippen LogP contribution in [-0.2, 0) is 6.54 Å². The molecule has 0 unspecified atom stereocenters. The van der Waals surface area contributed by atoms with Gasteiger partial charge in [-0.05, 0) is 0 Å². The number of hydrogen-bond donors (Lipinski definition) is 1. The molecule has 0 aromatic carbocycles. The topological polar surface area (TPSA) is 69.6 Å². The summed E-state index contributed by atoms with van der Waals surface area (Å²) in [7, 11) is 0. The fraction of sp³-hybridized carbons (Fsp3) is 0.125. The number of hydrogen-bond acceptors (Lipinski definition) is 4. The average Bonchev–Trinajstić information content (AvgIpc) is 2.59. The summed E-state index contributed by atoms with van der Waals surface area (Å²) >= 11 is 0. The molecule has 0 aromatic rings. The number of rotatable bonds is 2. The maximum absolute atomic E-state index is 5.61. The van der Waals surface area contributed by atoms with Crippen LogP contribution in [0.25, 0.3) is 11.5 Å². The fourth-order valence-corrected chi connectivity index (χ4v) is 1.17. The van der Waals surface area contributed by atoms with Crippen molar-refractivity contribution in [3.05, 3.63) is 25.3 Å². The molecule has 5 heteroatoms. The number of anilines is 1. The zero-order valence-corrected chi connectivity index (χ0v) is 7.01. The van der Waals surface area contributed by atoms with Crippen LogP contribution in [0.15, 0.2) is 25.3 Å². The Balaban J connectivity index is 2.60. The number of allylic oxidation sites excluding steroid dienone is 1. The van der Waals surface area contributed by atoms with E-state index in [-0.39, 0.29) is 0 Å². The average molecular weight is 175 g/mol. The Morgan fingerprint density at radius 2 is 2.31 bits per heavy atom. The molecule has 0 saturated carbocycles. The number of imidazole rings is 1. The molecule has 0 bridgehead atoms. The van der Waals surface area contributed by atoms with Crippen molar-refractivity contribution in [3.8, 4) is 11.5 Å². The summed E-state index contributed by atoms with van der Waals surface area (Å²) in [5, 5.41) is 0. The van der Waals surface area contributed by atoms with Crippen molar-refractivity contribution in [2.24, 2.45) is 0 Å². The zero-order valence-electron chi connectivity index (χ0n) is 7.01. The van der Waals surface area contributed by atoms with Gasteiger partial charge in [-0.2, -0.15) is 0 Å². The molecule has 66 valence electrons. The van der Waals surface area contributed by atoms with E-state index >= 15 is 0 Å². The summed E-state index contributed by atoms with van der Waals surface area (Å²) in [6, 6.07) is 0. The lowest BCUT2D eigenvalue weighted by Crippen LogP contribution is -2.06. The van der Waals surface area contributed by atoms with Gasteiger partial charge < -0.3 is 10.3 Å². The maximum atomic E-state index is 5.61. The normalized spacial score (nSPS) is 10.5. The molecule has 0 aliphatic carbocycles. The lowest BCUT2D eigenvalue weighted by molar-refractivity contribution is 0.782. The molecule has 2 heterocycles. The first-order valence-corrected chi connectivity index (χ1v) is 3.85. The van der Waals surface area contributed by atoms with E-state index in [0.717, 1.165) is 5.82 Å². The van der Waals surface area contributed by atoms with Gasteiger partial charge in [-0.1, -0.05) is 6.08 Å². The summed E-state index contributed by atoms with van der Waals surface area (Å²) in [5.74, 6) is 1.15. The van der Waals surface area contributed by atoms with E-state index in [1.54, 1.807) is 12.4 Å². The second kappa shape index (κ2) is 2.85. The predicted molar refractivity (Wildman–Crippen MR) is 49.0 cm³/mol. The molecule has 2 N–H and O–H groups in total. The lowest BCUT2D eigenvalue weighted by Gasteiger charge is -2.07. The molecular weight excluding hydrogens is 166 g/mol. The quantitative estimate of drug-likeness (QED) is 0.676. The first-order valence-electron chi connectivity index (χ1n) is 3.85. The number of aromatic nitrogens is 4. The first-order chi connectivity index (χ1) is 6.33. The van der Waals surface area contributed by atoms with Gasteiger partial charge in [0.05, 0.1) is 6.33 Å². The van der Waals surface area contributed by atoms with Crippen LogP contribution in [0.5, 0.6) is 0 Å². The molecule has 2 aliphatic rings. The monoisotopic (exact) mass is 175 g/mol. The van der Waals surface area contributed by atoms with E-state index in [2.05, 4.69) is 21.5 Å².